The van der Waals surface area contributed by atoms with Crippen molar-refractivity contribution in [2.75, 3.05) is 13.2 Å². The first-order valence-corrected chi connectivity index (χ1v) is 22.6. The van der Waals surface area contributed by atoms with E-state index in [1.165, 1.54) is 77.6 Å². The summed E-state index contributed by atoms with van der Waals surface area (Å²) < 4.78 is 0. The topological polar surface area (TPSA) is 250 Å². The third-order valence-electron chi connectivity index (χ3n) is 10.5. The van der Waals surface area contributed by atoms with E-state index < -0.39 is 65.9 Å². The zero-order valence-electron chi connectivity index (χ0n) is 37.3. The molecule has 0 unspecified atom stereocenters. The molecule has 1 aromatic carbocycles. The Hall–Kier alpha value is -4.24. The molecular weight excluding hydrogens is 765 g/mol. The fraction of sp³-hybridized carbons (Fsp3) is 0.733. The monoisotopic (exact) mass is 845 g/mol. The van der Waals surface area contributed by atoms with Gasteiger partial charge in [0.25, 0.3) is 0 Å². The van der Waals surface area contributed by atoms with Crippen molar-refractivity contribution in [1.29, 1.82) is 0 Å². The van der Waals surface area contributed by atoms with Crippen LogP contribution in [0.5, 0.6) is 0 Å². The number of nitrogens with zero attached hydrogens (tertiary/aromatic N) is 1. The maximum Gasteiger partial charge on any atom is 0.245 e. The first kappa shape index (κ1) is 53.8. The zero-order valence-corrected chi connectivity index (χ0v) is 37.3. The molecule has 0 fully saturated rings. The Balaban J connectivity index is 2.83. The van der Waals surface area contributed by atoms with Crippen LogP contribution < -0.4 is 38.1 Å². The van der Waals surface area contributed by atoms with E-state index in [-0.39, 0.29) is 44.3 Å². The summed E-state index contributed by atoms with van der Waals surface area (Å²) in [6, 6.07) is 3.79. The fourth-order valence-electron chi connectivity index (χ4n) is 6.84. The van der Waals surface area contributed by atoms with E-state index in [1.54, 1.807) is 45.0 Å². The van der Waals surface area contributed by atoms with Crippen molar-refractivity contribution >= 4 is 35.5 Å². The minimum Gasteiger partial charge on any atom is -0.394 e. The zero-order chi connectivity index (χ0) is 44.7. The van der Waals surface area contributed by atoms with Crippen LogP contribution in [0.2, 0.25) is 0 Å². The second kappa shape index (κ2) is 32.5. The Morgan fingerprint density at radius 2 is 1.12 bits per heavy atom. The first-order chi connectivity index (χ1) is 28.7. The van der Waals surface area contributed by atoms with Crippen molar-refractivity contribution < 1.29 is 34.2 Å². The average molecular weight is 845 g/mol. The summed E-state index contributed by atoms with van der Waals surface area (Å²) in [4.78, 5) is 71.3. The van der Waals surface area contributed by atoms with Crippen LogP contribution in [0, 0.1) is 5.92 Å². The van der Waals surface area contributed by atoms with E-state index in [2.05, 4.69) is 38.5 Å². The number of aliphatic hydroxyl groups is 2. The summed E-state index contributed by atoms with van der Waals surface area (Å²) in [5.74, 6) is -3.49. The van der Waals surface area contributed by atoms with Gasteiger partial charge in [0.2, 0.25) is 29.5 Å². The molecule has 0 aliphatic heterocycles. The third kappa shape index (κ3) is 24.7. The van der Waals surface area contributed by atoms with E-state index in [9.17, 15) is 34.2 Å². The van der Waals surface area contributed by atoms with Gasteiger partial charge >= 0.3 is 0 Å². The summed E-state index contributed by atoms with van der Waals surface area (Å²) in [5, 5.41) is 33.5. The van der Waals surface area contributed by atoms with Crippen molar-refractivity contribution in [3.05, 3.63) is 35.9 Å². The number of guanidine groups is 1. The van der Waals surface area contributed by atoms with E-state index in [1.807, 2.05) is 6.07 Å². The normalized spacial score (nSPS) is 14.2. The molecule has 15 nitrogen and oxygen atoms in total. The fourth-order valence-corrected chi connectivity index (χ4v) is 6.84. The Morgan fingerprint density at radius 3 is 1.62 bits per heavy atom. The van der Waals surface area contributed by atoms with Crippen molar-refractivity contribution in [2.24, 2.45) is 22.4 Å². The molecule has 0 aliphatic carbocycles. The van der Waals surface area contributed by atoms with Crippen LogP contribution in [-0.4, -0.2) is 95.2 Å². The van der Waals surface area contributed by atoms with Crippen molar-refractivity contribution in [3.8, 4) is 0 Å². The average Bonchev–Trinajstić information content (AvgIpc) is 3.20. The van der Waals surface area contributed by atoms with E-state index in [0.717, 1.165) is 24.8 Å². The lowest BCUT2D eigenvalue weighted by Gasteiger charge is -2.29. The number of hydrogen-bond donors (Lipinski definition) is 9. The van der Waals surface area contributed by atoms with Gasteiger partial charge in [0.15, 0.2) is 5.96 Å². The highest BCUT2D eigenvalue weighted by molar-refractivity contribution is 5.96. The van der Waals surface area contributed by atoms with Gasteiger partial charge in [-0.05, 0) is 44.6 Å². The Bertz CT molecular complexity index is 1390. The Labute approximate surface area is 359 Å². The number of carbonyl (C=O) groups is 5. The number of nitrogens with two attached hydrogens (primary N) is 2. The van der Waals surface area contributed by atoms with Crippen LogP contribution in [-0.2, 0) is 30.4 Å². The van der Waals surface area contributed by atoms with Gasteiger partial charge in [-0.2, -0.15) is 0 Å². The maximum absolute atomic E-state index is 13.9. The smallest absolute Gasteiger partial charge is 0.245 e. The van der Waals surface area contributed by atoms with Crippen molar-refractivity contribution in [1.82, 2.24) is 26.6 Å². The van der Waals surface area contributed by atoms with Crippen LogP contribution in [0.1, 0.15) is 156 Å². The number of amides is 5. The molecule has 0 saturated carbocycles. The second-order valence-corrected chi connectivity index (χ2v) is 16.6. The molecule has 0 saturated heterocycles. The number of rotatable bonds is 34. The van der Waals surface area contributed by atoms with Gasteiger partial charge in [-0.15, -0.1) is 0 Å². The molecule has 1 rings (SSSR count). The predicted molar refractivity (Wildman–Crippen MR) is 239 cm³/mol. The van der Waals surface area contributed by atoms with Crippen LogP contribution in [0.3, 0.4) is 0 Å². The summed E-state index contributed by atoms with van der Waals surface area (Å²) in [6.07, 6.45) is 17.7. The largest absolute Gasteiger partial charge is 0.394 e. The molecule has 15 heteroatoms. The van der Waals surface area contributed by atoms with Crippen LogP contribution in [0.15, 0.2) is 35.3 Å². The highest BCUT2D eigenvalue weighted by atomic mass is 16.3. The molecule has 0 aromatic heterocycles. The van der Waals surface area contributed by atoms with Crippen molar-refractivity contribution in [2.45, 2.75) is 193 Å². The van der Waals surface area contributed by atoms with Crippen molar-refractivity contribution in [3.63, 3.8) is 0 Å². The summed E-state index contributed by atoms with van der Waals surface area (Å²) >= 11 is 0. The predicted octanol–water partition coefficient (Wildman–Crippen LogP) is 4.02. The second-order valence-electron chi connectivity index (χ2n) is 16.6. The first-order valence-electron chi connectivity index (χ1n) is 22.6. The number of hydrogen-bond acceptors (Lipinski definition) is 8. The van der Waals surface area contributed by atoms with Crippen LogP contribution in [0.4, 0.5) is 0 Å². The molecule has 0 radical (unpaired) electrons. The number of aliphatic hydroxyl groups excluding tert-OH is 2. The molecule has 11 N–H and O–H groups in total. The van der Waals surface area contributed by atoms with Gasteiger partial charge in [-0.25, -0.2) is 0 Å². The van der Waals surface area contributed by atoms with Crippen LogP contribution >= 0.6 is 0 Å². The standard InChI is InChI=1S/C45H80N8O7/c1-6-7-8-9-10-11-12-13-14-15-16-17-18-19-23-28-38(56)52-40(34(5)55)44(60)53-39(32(2)3)43(59)51-37(30-35-25-21-20-22-26-35)42(58)50-36(27-24-29-48-45(46)47)41(57)49-33(4)31-54/h20-22,25-26,32-34,36-37,39-40,54-55H,6-19,23-24,27-31H2,1-5H3,(H,49,57)(H,50,58)(H,51,59)(H,52,56)(H,53,60)(H4,46,47,48)/t33-,34-,36+,37+,39+,40+/m1/s1. The molecule has 0 aliphatic rings. The summed E-state index contributed by atoms with van der Waals surface area (Å²) in [7, 11) is 0. The molecule has 0 heterocycles. The van der Waals surface area contributed by atoms with Gasteiger partial charge in [-0.1, -0.05) is 141 Å². The van der Waals surface area contributed by atoms with E-state index >= 15 is 0 Å². The molecule has 0 bridgehead atoms. The molecule has 6 atom stereocenters. The van der Waals surface area contributed by atoms with Gasteiger partial charge in [0, 0.05) is 25.4 Å². The molecule has 1 aromatic rings. The molecule has 60 heavy (non-hydrogen) atoms. The summed E-state index contributed by atoms with van der Waals surface area (Å²) in [6.45, 7) is 8.61. The molecule has 0 spiro atoms. The number of aliphatic imine (C=N–C) groups is 1. The number of nitrogens with one attached hydrogen (secondary N) is 5. The van der Waals surface area contributed by atoms with Gasteiger partial charge in [0.05, 0.1) is 12.7 Å². The summed E-state index contributed by atoms with van der Waals surface area (Å²) in [5.41, 5.74) is 11.6. The minimum atomic E-state index is -1.30. The lowest BCUT2D eigenvalue weighted by Crippen LogP contribution is -2.61. The third-order valence-corrected chi connectivity index (χ3v) is 10.5. The Kier molecular flexibility index (Phi) is 29.1. The van der Waals surface area contributed by atoms with E-state index in [4.69, 9.17) is 11.5 Å². The number of carbonyl (C=O) groups excluding carboxylic acids is 5. The molecule has 5 amide bonds. The lowest BCUT2D eigenvalue weighted by molar-refractivity contribution is -0.136. The lowest BCUT2D eigenvalue weighted by atomic mass is 9.99. The SMILES string of the molecule is CCCCCCCCCCCCCCCCCC(=O)N[C@H](C(=O)N[C@H](C(=O)N[C@@H](Cc1ccccc1)C(=O)N[C@@H](CCCN=C(N)N)C(=O)N[C@H](C)CO)C(C)C)[C@@H](C)O. The number of benzene rings is 1. The maximum atomic E-state index is 13.9. The Morgan fingerprint density at radius 1 is 0.617 bits per heavy atom. The molecular formula is C45H80N8O7. The van der Waals surface area contributed by atoms with Gasteiger partial charge < -0.3 is 48.3 Å². The van der Waals surface area contributed by atoms with Gasteiger partial charge in [-0.3, -0.25) is 29.0 Å². The van der Waals surface area contributed by atoms with Gasteiger partial charge in [0.1, 0.15) is 24.2 Å². The van der Waals surface area contributed by atoms with Crippen LogP contribution in [0.25, 0.3) is 0 Å². The quantitative estimate of drug-likeness (QED) is 0.0276. The van der Waals surface area contributed by atoms with E-state index in [0.29, 0.717) is 12.8 Å². The highest BCUT2D eigenvalue weighted by Crippen LogP contribution is 2.14. The minimum absolute atomic E-state index is 0.0677. The number of unbranched alkanes of at least 4 members (excludes halogenated alkanes) is 14. The highest BCUT2D eigenvalue weighted by Gasteiger charge is 2.34. The molecule has 342 valence electrons.